The molecule has 3 N–H and O–H groups in total. The van der Waals surface area contributed by atoms with E-state index in [1.54, 1.807) is 19.1 Å². The summed E-state index contributed by atoms with van der Waals surface area (Å²) < 4.78 is 5.70. The Morgan fingerprint density at radius 1 is 1.35 bits per heavy atom. The lowest BCUT2D eigenvalue weighted by atomic mass is 10.2. The second-order valence-electron chi connectivity index (χ2n) is 4.72. The van der Waals surface area contributed by atoms with Gasteiger partial charge < -0.3 is 15.3 Å². The number of aromatic nitrogens is 2. The summed E-state index contributed by atoms with van der Waals surface area (Å²) in [7, 11) is 0. The van der Waals surface area contributed by atoms with Crippen LogP contribution in [0.2, 0.25) is 0 Å². The monoisotopic (exact) mass is 316 g/mol. The maximum atomic E-state index is 12.0. The Morgan fingerprint density at radius 2 is 2.00 bits per heavy atom. The van der Waals surface area contributed by atoms with Gasteiger partial charge in [-0.05, 0) is 26.0 Å². The second-order valence-corrected chi connectivity index (χ2v) is 4.72. The van der Waals surface area contributed by atoms with Gasteiger partial charge in [-0.2, -0.15) is 4.98 Å². The number of carbonyl (C=O) groups excluding carboxylic acids is 2. The first-order valence-corrected chi connectivity index (χ1v) is 6.87. The first-order chi connectivity index (χ1) is 10.9. The smallest absolute Gasteiger partial charge is 0.295 e. The number of hydrogen-bond donors (Lipinski definition) is 3. The molecule has 8 heteroatoms. The molecule has 0 aliphatic rings. The number of ether oxygens (including phenoxy) is 1. The average molecular weight is 316 g/mol. The van der Waals surface area contributed by atoms with Crippen LogP contribution < -0.4 is 15.5 Å². The van der Waals surface area contributed by atoms with Crippen LogP contribution in [0.15, 0.2) is 30.3 Å². The molecule has 0 saturated carbocycles. The molecule has 0 saturated heterocycles. The van der Waals surface area contributed by atoms with Crippen molar-refractivity contribution in [2.45, 2.75) is 13.8 Å². The fourth-order valence-electron chi connectivity index (χ4n) is 1.74. The van der Waals surface area contributed by atoms with E-state index in [1.165, 1.54) is 0 Å². The van der Waals surface area contributed by atoms with Gasteiger partial charge in [0.1, 0.15) is 5.75 Å². The van der Waals surface area contributed by atoms with Gasteiger partial charge in [0, 0.05) is 12.6 Å². The van der Waals surface area contributed by atoms with Gasteiger partial charge in [-0.1, -0.05) is 17.7 Å². The van der Waals surface area contributed by atoms with Crippen molar-refractivity contribution in [1.82, 2.24) is 15.0 Å². The normalized spacial score (nSPS) is 10.2. The molecule has 0 fully saturated rings. The van der Waals surface area contributed by atoms with E-state index in [0.717, 1.165) is 11.6 Å². The highest BCUT2D eigenvalue weighted by atomic mass is 16.5. The van der Waals surface area contributed by atoms with Crippen LogP contribution in [-0.2, 0) is 4.79 Å². The third-order valence-corrected chi connectivity index (χ3v) is 2.90. The number of nitrogens with zero attached hydrogens (tertiary/aromatic N) is 2. The minimum Gasteiger partial charge on any atom is -0.439 e. The first kappa shape index (κ1) is 16.2. The summed E-state index contributed by atoms with van der Waals surface area (Å²) in [6.45, 7) is 3.83. The van der Waals surface area contributed by atoms with E-state index >= 15 is 0 Å². The van der Waals surface area contributed by atoms with Gasteiger partial charge in [-0.3, -0.25) is 15.0 Å². The van der Waals surface area contributed by atoms with Crippen molar-refractivity contribution >= 4 is 11.7 Å². The molecule has 0 atom stereocenters. The third-order valence-electron chi connectivity index (χ3n) is 2.90. The summed E-state index contributed by atoms with van der Waals surface area (Å²) in [6.07, 6.45) is 0. The number of aryl methyl sites for hydroxylation is 1. The predicted molar refractivity (Wildman–Crippen MR) is 79.5 cm³/mol. The number of hydrogen-bond acceptors (Lipinski definition) is 6. The molecule has 2 aromatic rings. The third kappa shape index (κ3) is 3.73. The van der Waals surface area contributed by atoms with E-state index in [-0.39, 0.29) is 17.2 Å². The molecule has 0 unspecified atom stereocenters. The topological polar surface area (TPSA) is 117 Å². The molecule has 8 nitrogen and oxygen atoms in total. The van der Waals surface area contributed by atoms with Gasteiger partial charge in [0.15, 0.2) is 5.49 Å². The van der Waals surface area contributed by atoms with Gasteiger partial charge in [0.2, 0.25) is 11.7 Å². The summed E-state index contributed by atoms with van der Waals surface area (Å²) in [5.74, 6) is -2.19. The number of likely N-dealkylation sites (N-methyl/N-ethyl adjacent to an activating group) is 1. The van der Waals surface area contributed by atoms with Crippen LogP contribution in [-0.4, -0.2) is 33.2 Å². The number of carbonyl (C=O) groups is 2. The van der Waals surface area contributed by atoms with Crippen molar-refractivity contribution in [3.05, 3.63) is 47.2 Å². The summed E-state index contributed by atoms with van der Waals surface area (Å²) >= 11 is 0. The highest BCUT2D eigenvalue weighted by Crippen LogP contribution is 2.18. The largest absolute Gasteiger partial charge is 0.439 e. The van der Waals surface area contributed by atoms with Crippen molar-refractivity contribution in [3.63, 3.8) is 0 Å². The molecular formula is C15H16N4O4. The SMILES string of the molecule is CCNC(=O)C(=O)c1nc(Oc2ccc(C)cc2)cc(=N)n1O. The van der Waals surface area contributed by atoms with Gasteiger partial charge in [-0.15, -0.1) is 4.73 Å². The van der Waals surface area contributed by atoms with E-state index in [1.807, 2.05) is 19.1 Å². The number of amides is 1. The summed E-state index contributed by atoms with van der Waals surface area (Å²) in [5.41, 5.74) is 0.606. The molecule has 1 aromatic carbocycles. The van der Waals surface area contributed by atoms with Crippen molar-refractivity contribution in [3.8, 4) is 11.6 Å². The van der Waals surface area contributed by atoms with E-state index in [9.17, 15) is 14.8 Å². The number of benzene rings is 1. The Bertz CT molecular complexity index is 796. The van der Waals surface area contributed by atoms with Crippen LogP contribution in [0.25, 0.3) is 0 Å². The average Bonchev–Trinajstić information content (AvgIpc) is 2.52. The minimum absolute atomic E-state index is 0.0724. The molecule has 0 radical (unpaired) electrons. The fraction of sp³-hybridized carbons (Fsp3) is 0.200. The quantitative estimate of drug-likeness (QED) is 0.432. The predicted octanol–water partition coefficient (Wildman–Crippen LogP) is 1.02. The van der Waals surface area contributed by atoms with Crippen LogP contribution >= 0.6 is 0 Å². The molecule has 1 amide bonds. The van der Waals surface area contributed by atoms with Crippen LogP contribution in [0.3, 0.4) is 0 Å². The summed E-state index contributed by atoms with van der Waals surface area (Å²) in [5, 5.41) is 19.7. The number of rotatable bonds is 5. The maximum Gasteiger partial charge on any atom is 0.295 e. The molecule has 1 aromatic heterocycles. The van der Waals surface area contributed by atoms with Crippen LogP contribution in [0.4, 0.5) is 0 Å². The maximum absolute atomic E-state index is 12.0. The van der Waals surface area contributed by atoms with Gasteiger partial charge in [0.05, 0.1) is 0 Å². The molecule has 23 heavy (non-hydrogen) atoms. The van der Waals surface area contributed by atoms with Crippen LogP contribution in [0.1, 0.15) is 23.1 Å². The van der Waals surface area contributed by atoms with Crippen molar-refractivity contribution in [2.75, 3.05) is 6.54 Å². The first-order valence-electron chi connectivity index (χ1n) is 6.87. The zero-order valence-corrected chi connectivity index (χ0v) is 12.7. The second kappa shape index (κ2) is 6.73. The molecule has 1 heterocycles. The Balaban J connectivity index is 2.36. The number of nitrogens with one attached hydrogen (secondary N) is 2. The minimum atomic E-state index is -1.06. The summed E-state index contributed by atoms with van der Waals surface area (Å²) in [4.78, 5) is 27.4. The molecule has 120 valence electrons. The fourth-order valence-corrected chi connectivity index (χ4v) is 1.74. The molecule has 0 spiro atoms. The number of Topliss-reactive ketones (excluding diaryl/α,β-unsaturated/α-hetero) is 1. The standard InChI is InChI=1S/C15H16N4O4/c1-3-17-15(21)13(20)14-18-12(8-11(16)19(14)22)23-10-6-4-9(2)5-7-10/h4-8,16,22H,3H2,1-2H3,(H,17,21). The Hall–Kier alpha value is -3.16. The highest BCUT2D eigenvalue weighted by Gasteiger charge is 2.22. The lowest BCUT2D eigenvalue weighted by Crippen LogP contribution is -2.35. The van der Waals surface area contributed by atoms with E-state index in [0.29, 0.717) is 5.75 Å². The lowest BCUT2D eigenvalue weighted by molar-refractivity contribution is -0.117. The van der Waals surface area contributed by atoms with Crippen molar-refractivity contribution in [1.29, 1.82) is 5.41 Å². The van der Waals surface area contributed by atoms with Gasteiger partial charge in [0.25, 0.3) is 11.7 Å². The summed E-state index contributed by atoms with van der Waals surface area (Å²) in [6, 6.07) is 8.19. The molecule has 0 aliphatic heterocycles. The Labute approximate surface area is 131 Å². The molecule has 0 bridgehead atoms. The van der Waals surface area contributed by atoms with Crippen LogP contribution in [0.5, 0.6) is 11.6 Å². The van der Waals surface area contributed by atoms with Crippen molar-refractivity contribution in [2.24, 2.45) is 0 Å². The van der Waals surface area contributed by atoms with Gasteiger partial charge in [-0.25, -0.2) is 0 Å². The van der Waals surface area contributed by atoms with E-state index in [2.05, 4.69) is 10.3 Å². The van der Waals surface area contributed by atoms with E-state index < -0.39 is 23.0 Å². The van der Waals surface area contributed by atoms with Gasteiger partial charge >= 0.3 is 0 Å². The zero-order valence-electron chi connectivity index (χ0n) is 12.7. The Morgan fingerprint density at radius 3 is 2.61 bits per heavy atom. The van der Waals surface area contributed by atoms with Crippen LogP contribution in [0, 0.1) is 12.3 Å². The Kier molecular flexibility index (Phi) is 4.75. The van der Waals surface area contributed by atoms with E-state index in [4.69, 9.17) is 10.1 Å². The zero-order chi connectivity index (χ0) is 17.0. The highest BCUT2D eigenvalue weighted by molar-refractivity contribution is 6.41. The van der Waals surface area contributed by atoms with Crippen molar-refractivity contribution < 1.29 is 19.5 Å². The lowest BCUT2D eigenvalue weighted by Gasteiger charge is -2.09. The molecular weight excluding hydrogens is 300 g/mol. The molecule has 0 aliphatic carbocycles. The number of ketones is 1. The molecule has 2 rings (SSSR count).